The highest BCUT2D eigenvalue weighted by Crippen LogP contribution is 2.29. The van der Waals surface area contributed by atoms with Gasteiger partial charge in [0.2, 0.25) is 0 Å². The fourth-order valence-electron chi connectivity index (χ4n) is 4.09. The zero-order valence-corrected chi connectivity index (χ0v) is 21.0. The summed E-state index contributed by atoms with van der Waals surface area (Å²) in [6.45, 7) is 0. The number of nitrogens with one attached hydrogen (secondary N) is 1. The third-order valence-corrected chi connectivity index (χ3v) is 7.48. The van der Waals surface area contributed by atoms with Crippen molar-refractivity contribution in [1.82, 2.24) is 9.88 Å². The third kappa shape index (κ3) is 6.42. The van der Waals surface area contributed by atoms with Crippen LogP contribution in [0.4, 0.5) is 10.2 Å². The number of hydrogen-bond donors (Lipinski definition) is 1. The molecule has 10 heteroatoms. The van der Waals surface area contributed by atoms with Crippen molar-refractivity contribution in [2.24, 2.45) is 0 Å². The Bertz CT molecular complexity index is 1250. The van der Waals surface area contributed by atoms with Crippen molar-refractivity contribution in [3.05, 3.63) is 71.6 Å². The maximum atomic E-state index is 14.8. The number of aromatic nitrogens is 1. The maximum Gasteiger partial charge on any atom is 0.265 e. The number of rotatable bonds is 8. The van der Waals surface area contributed by atoms with Crippen molar-refractivity contribution in [2.75, 3.05) is 18.8 Å². The first kappa shape index (κ1) is 25.2. The lowest BCUT2D eigenvalue weighted by atomic mass is 9.91. The second kappa shape index (κ2) is 10.8. The molecule has 1 heterocycles. The van der Waals surface area contributed by atoms with Crippen LogP contribution in [0.1, 0.15) is 25.7 Å². The molecule has 1 N–H and O–H groups in total. The smallest absolute Gasteiger partial charge is 0.265 e. The molecule has 186 valence electrons. The molecule has 2 aromatic carbocycles. The van der Waals surface area contributed by atoms with Gasteiger partial charge in [-0.3, -0.25) is 4.72 Å². The van der Waals surface area contributed by atoms with Crippen LogP contribution in [0, 0.1) is 5.82 Å². The van der Waals surface area contributed by atoms with Gasteiger partial charge in [-0.2, -0.15) is 0 Å². The van der Waals surface area contributed by atoms with Gasteiger partial charge in [-0.25, -0.2) is 17.8 Å². The number of halogens is 2. The maximum absolute atomic E-state index is 14.8. The molecule has 1 aliphatic carbocycles. The van der Waals surface area contributed by atoms with E-state index in [2.05, 4.69) is 14.6 Å². The van der Waals surface area contributed by atoms with Crippen LogP contribution in [-0.2, 0) is 10.0 Å². The van der Waals surface area contributed by atoms with Gasteiger partial charge in [-0.05, 0) is 81.9 Å². The van der Waals surface area contributed by atoms with Crippen LogP contribution >= 0.6 is 11.6 Å². The molecule has 1 saturated carbocycles. The average molecular weight is 520 g/mol. The highest BCUT2D eigenvalue weighted by Gasteiger charge is 2.29. The Hall–Kier alpha value is -2.88. The van der Waals surface area contributed by atoms with E-state index in [1.807, 2.05) is 14.1 Å². The summed E-state index contributed by atoms with van der Waals surface area (Å²) in [5.41, 5.74) is 0. The first-order valence-corrected chi connectivity index (χ1v) is 13.1. The van der Waals surface area contributed by atoms with E-state index >= 15 is 0 Å². The predicted octanol–water partition coefficient (Wildman–Crippen LogP) is 5.72. The Morgan fingerprint density at radius 1 is 1.00 bits per heavy atom. The molecule has 0 radical (unpaired) electrons. The van der Waals surface area contributed by atoms with Crippen LogP contribution in [0.2, 0.25) is 5.02 Å². The molecule has 7 nitrogen and oxygen atoms in total. The van der Waals surface area contributed by atoms with E-state index in [0.717, 1.165) is 31.7 Å². The van der Waals surface area contributed by atoms with Gasteiger partial charge in [0.05, 0.1) is 6.20 Å². The molecule has 0 unspecified atom stereocenters. The second-order valence-corrected chi connectivity index (χ2v) is 10.7. The summed E-state index contributed by atoms with van der Waals surface area (Å²) in [5.74, 6) is 0.405. The number of sulfonamides is 1. The molecule has 35 heavy (non-hydrogen) atoms. The number of anilines is 1. The van der Waals surface area contributed by atoms with E-state index in [4.69, 9.17) is 21.1 Å². The van der Waals surface area contributed by atoms with Gasteiger partial charge in [0.15, 0.2) is 0 Å². The molecule has 3 aromatic rings. The van der Waals surface area contributed by atoms with Crippen molar-refractivity contribution < 1.29 is 22.3 Å². The quantitative estimate of drug-likeness (QED) is 0.410. The van der Waals surface area contributed by atoms with E-state index in [0.29, 0.717) is 22.3 Å². The Morgan fingerprint density at radius 2 is 1.69 bits per heavy atom. The Labute approximate surface area is 209 Å². The van der Waals surface area contributed by atoms with Gasteiger partial charge >= 0.3 is 0 Å². The monoisotopic (exact) mass is 519 g/mol. The molecule has 0 saturated heterocycles. The highest BCUT2D eigenvalue weighted by molar-refractivity contribution is 7.92. The summed E-state index contributed by atoms with van der Waals surface area (Å²) < 4.78 is 54.4. The third-order valence-electron chi connectivity index (χ3n) is 5.84. The zero-order valence-electron chi connectivity index (χ0n) is 19.4. The molecule has 0 aliphatic heterocycles. The van der Waals surface area contributed by atoms with Crippen LogP contribution in [0.3, 0.4) is 0 Å². The van der Waals surface area contributed by atoms with Gasteiger partial charge in [-0.1, -0.05) is 18.0 Å². The molecular formula is C25H27ClFN3O4S. The molecule has 0 amide bonds. The van der Waals surface area contributed by atoms with Crippen LogP contribution in [0.25, 0.3) is 0 Å². The van der Waals surface area contributed by atoms with Crippen molar-refractivity contribution >= 4 is 27.4 Å². The van der Waals surface area contributed by atoms with Gasteiger partial charge < -0.3 is 14.4 Å². The summed E-state index contributed by atoms with van der Waals surface area (Å²) in [5, 5.41) is 0.582. The zero-order chi connectivity index (χ0) is 25.0. The van der Waals surface area contributed by atoms with E-state index in [-0.39, 0.29) is 18.0 Å². The molecule has 0 spiro atoms. The standard InChI is InChI=1S/C25H27ClFN3O4S/c1-30(2)22-5-3-4-6-23(22)34-19-11-13-24(21(27)15-19)35(31,32)29-25-14-12-20(16-28-25)33-18-9-7-17(26)8-10-18/h7-16,22-23H,3-6H2,1-2H3,(H,28,29)/t22-,23-/m0/s1. The molecule has 1 aliphatic rings. The Balaban J connectivity index is 1.43. The van der Waals surface area contributed by atoms with Crippen LogP contribution < -0.4 is 14.2 Å². The number of benzene rings is 2. The lowest BCUT2D eigenvalue weighted by Crippen LogP contribution is -2.44. The molecule has 1 fully saturated rings. The minimum atomic E-state index is -4.20. The lowest BCUT2D eigenvalue weighted by molar-refractivity contribution is 0.0620. The van der Waals surface area contributed by atoms with Crippen LogP contribution in [0.5, 0.6) is 17.2 Å². The lowest BCUT2D eigenvalue weighted by Gasteiger charge is -2.36. The van der Waals surface area contributed by atoms with E-state index in [1.165, 1.54) is 24.4 Å². The highest BCUT2D eigenvalue weighted by atomic mass is 35.5. The molecular weight excluding hydrogens is 493 g/mol. The topological polar surface area (TPSA) is 80.8 Å². The first-order chi connectivity index (χ1) is 16.7. The van der Waals surface area contributed by atoms with Gasteiger partial charge in [0.1, 0.15) is 39.9 Å². The Morgan fingerprint density at radius 3 is 2.34 bits per heavy atom. The van der Waals surface area contributed by atoms with E-state index < -0.39 is 20.7 Å². The van der Waals surface area contributed by atoms with E-state index in [1.54, 1.807) is 30.3 Å². The van der Waals surface area contributed by atoms with Crippen molar-refractivity contribution in [2.45, 2.75) is 42.7 Å². The summed E-state index contributed by atoms with van der Waals surface area (Å²) in [4.78, 5) is 5.69. The number of ether oxygens (including phenoxy) is 2. The SMILES string of the molecule is CN(C)[C@H]1CCCC[C@@H]1Oc1ccc(S(=O)(=O)Nc2ccc(Oc3ccc(Cl)cc3)cn2)c(F)c1. The fourth-order valence-corrected chi connectivity index (χ4v) is 5.28. The molecule has 0 bridgehead atoms. The number of likely N-dealkylation sites (N-methyl/N-ethyl adjacent to an activating group) is 1. The minimum Gasteiger partial charge on any atom is -0.489 e. The van der Waals surface area contributed by atoms with Crippen LogP contribution in [0.15, 0.2) is 65.7 Å². The molecule has 2 atom stereocenters. The summed E-state index contributed by atoms with van der Waals surface area (Å²) in [7, 11) is -0.204. The minimum absolute atomic E-state index is 0.0317. The Kier molecular flexibility index (Phi) is 7.78. The van der Waals surface area contributed by atoms with Crippen molar-refractivity contribution in [3.8, 4) is 17.2 Å². The summed E-state index contributed by atoms with van der Waals surface area (Å²) in [6, 6.07) is 13.8. The van der Waals surface area contributed by atoms with Gasteiger partial charge in [0.25, 0.3) is 10.0 Å². The number of pyridine rings is 1. The van der Waals surface area contributed by atoms with Gasteiger partial charge in [-0.15, -0.1) is 0 Å². The normalized spacial score (nSPS) is 18.3. The van der Waals surface area contributed by atoms with Gasteiger partial charge in [0, 0.05) is 17.1 Å². The average Bonchev–Trinajstić information content (AvgIpc) is 2.82. The number of hydrogen-bond acceptors (Lipinski definition) is 6. The second-order valence-electron chi connectivity index (χ2n) is 8.60. The van der Waals surface area contributed by atoms with Crippen LogP contribution in [-0.4, -0.2) is 44.5 Å². The number of nitrogens with zero attached hydrogens (tertiary/aromatic N) is 2. The first-order valence-electron chi connectivity index (χ1n) is 11.3. The summed E-state index contributed by atoms with van der Waals surface area (Å²) >= 11 is 5.86. The predicted molar refractivity (Wildman–Crippen MR) is 133 cm³/mol. The molecule has 4 rings (SSSR count). The van der Waals surface area contributed by atoms with Crippen molar-refractivity contribution in [3.63, 3.8) is 0 Å². The summed E-state index contributed by atoms with van der Waals surface area (Å²) in [6.07, 6.45) is 5.34. The largest absolute Gasteiger partial charge is 0.489 e. The van der Waals surface area contributed by atoms with E-state index in [9.17, 15) is 12.8 Å². The molecule has 1 aromatic heterocycles. The fraction of sp³-hybridized carbons (Fsp3) is 0.320. The van der Waals surface area contributed by atoms with Crippen molar-refractivity contribution in [1.29, 1.82) is 0 Å².